The van der Waals surface area contributed by atoms with E-state index in [-0.39, 0.29) is 43.5 Å². The first kappa shape index (κ1) is 20.1. The van der Waals surface area contributed by atoms with Gasteiger partial charge in [0.05, 0.1) is 0 Å². The summed E-state index contributed by atoms with van der Waals surface area (Å²) in [6.07, 6.45) is 1.12. The Morgan fingerprint density at radius 3 is 2.22 bits per heavy atom. The fourth-order valence-electron chi connectivity index (χ4n) is 2.53. The van der Waals surface area contributed by atoms with E-state index in [1.807, 2.05) is 0 Å². The van der Waals surface area contributed by atoms with Gasteiger partial charge in [0.15, 0.2) is 28.2 Å². The maximum Gasteiger partial charge on any atom is 0.249 e. The van der Waals surface area contributed by atoms with Gasteiger partial charge in [-0.05, 0) is 25.7 Å². The van der Waals surface area contributed by atoms with Crippen molar-refractivity contribution in [3.63, 3.8) is 0 Å². The molecule has 0 saturated carbocycles. The minimum Gasteiger partial charge on any atom is -0.328 e. The third-order valence-electron chi connectivity index (χ3n) is 3.83. The fraction of sp³-hybridized carbons (Fsp3) is 0.538. The smallest absolute Gasteiger partial charge is 0.249 e. The van der Waals surface area contributed by atoms with Crippen molar-refractivity contribution in [2.75, 3.05) is 13.1 Å². The molecule has 0 spiro atoms. The first-order valence-corrected chi connectivity index (χ1v) is 8.19. The predicted molar refractivity (Wildman–Crippen MR) is 78.7 cm³/mol. The quantitative estimate of drug-likeness (QED) is 0.651. The van der Waals surface area contributed by atoms with Crippen LogP contribution in [0.15, 0.2) is 11.0 Å². The van der Waals surface area contributed by atoms with Crippen LogP contribution in [0.25, 0.3) is 0 Å². The lowest BCUT2D eigenvalue weighted by molar-refractivity contribution is 0.241. The van der Waals surface area contributed by atoms with E-state index in [1.54, 1.807) is 6.92 Å². The molecule has 1 aliphatic heterocycles. The van der Waals surface area contributed by atoms with E-state index in [2.05, 4.69) is 0 Å². The number of benzene rings is 1. The highest BCUT2D eigenvalue weighted by Gasteiger charge is 2.37. The van der Waals surface area contributed by atoms with Gasteiger partial charge in [0.2, 0.25) is 10.0 Å². The molecule has 0 aromatic heterocycles. The normalized spacial score (nSPS) is 20.9. The van der Waals surface area contributed by atoms with Gasteiger partial charge in [-0.15, -0.1) is 12.4 Å². The van der Waals surface area contributed by atoms with Crippen LogP contribution in [-0.4, -0.2) is 31.9 Å². The molecule has 1 saturated heterocycles. The Morgan fingerprint density at radius 1 is 1.22 bits per heavy atom. The van der Waals surface area contributed by atoms with Crippen molar-refractivity contribution >= 4 is 22.4 Å². The second kappa shape index (κ2) is 7.33. The molecule has 10 heteroatoms. The first-order chi connectivity index (χ1) is 10.2. The molecular weight excluding hydrogens is 360 g/mol. The van der Waals surface area contributed by atoms with Gasteiger partial charge >= 0.3 is 0 Å². The van der Waals surface area contributed by atoms with E-state index in [0.717, 1.165) is 4.31 Å². The Labute approximate surface area is 138 Å². The number of hydrogen-bond donors (Lipinski definition) is 1. The van der Waals surface area contributed by atoms with Crippen molar-refractivity contribution in [1.82, 2.24) is 4.31 Å². The number of nitrogens with two attached hydrogens (primary N) is 1. The SMILES string of the molecule is CC(N)C1CCCN(S(=O)(=O)c2c(F)c(F)cc(F)c2F)C1.Cl. The summed E-state index contributed by atoms with van der Waals surface area (Å²) in [6.45, 7) is 1.67. The standard InChI is InChI=1S/C13H16F4N2O2S.ClH/c1-7(18)8-3-2-4-19(6-8)22(20,21)13-11(16)9(14)5-10(15)12(13)17;/h5,7-8H,2-4,6,18H2,1H3;1H. The summed E-state index contributed by atoms with van der Waals surface area (Å²) in [6, 6.07) is -0.332. The lowest BCUT2D eigenvalue weighted by Gasteiger charge is -2.33. The molecule has 0 bridgehead atoms. The number of sulfonamides is 1. The van der Waals surface area contributed by atoms with Crippen LogP contribution in [0.1, 0.15) is 19.8 Å². The Bertz CT molecular complexity index is 659. The van der Waals surface area contributed by atoms with Gasteiger partial charge in [0.25, 0.3) is 0 Å². The molecule has 1 aliphatic rings. The van der Waals surface area contributed by atoms with E-state index < -0.39 is 38.2 Å². The van der Waals surface area contributed by atoms with Crippen molar-refractivity contribution in [2.24, 2.45) is 11.7 Å². The van der Waals surface area contributed by atoms with Gasteiger partial charge in [-0.2, -0.15) is 4.31 Å². The zero-order chi connectivity index (χ0) is 16.7. The Kier molecular flexibility index (Phi) is 6.42. The summed E-state index contributed by atoms with van der Waals surface area (Å²) in [5.41, 5.74) is 5.73. The summed E-state index contributed by atoms with van der Waals surface area (Å²) in [5.74, 6) is -7.52. The molecule has 1 heterocycles. The van der Waals surface area contributed by atoms with Crippen LogP contribution >= 0.6 is 12.4 Å². The van der Waals surface area contributed by atoms with Crippen LogP contribution in [0, 0.1) is 29.2 Å². The van der Waals surface area contributed by atoms with E-state index >= 15 is 0 Å². The summed E-state index contributed by atoms with van der Waals surface area (Å²) in [7, 11) is -4.69. The maximum absolute atomic E-state index is 13.7. The van der Waals surface area contributed by atoms with Crippen LogP contribution in [-0.2, 0) is 10.0 Å². The predicted octanol–water partition coefficient (Wildman–Crippen LogP) is 2.41. The molecule has 2 rings (SSSR count). The molecule has 2 atom stereocenters. The van der Waals surface area contributed by atoms with Gasteiger partial charge in [0, 0.05) is 25.2 Å². The van der Waals surface area contributed by atoms with Crippen molar-refractivity contribution in [2.45, 2.75) is 30.7 Å². The van der Waals surface area contributed by atoms with E-state index in [1.165, 1.54) is 0 Å². The van der Waals surface area contributed by atoms with Gasteiger partial charge in [-0.25, -0.2) is 26.0 Å². The van der Waals surface area contributed by atoms with Crippen molar-refractivity contribution in [3.8, 4) is 0 Å². The highest BCUT2D eigenvalue weighted by atomic mass is 35.5. The summed E-state index contributed by atoms with van der Waals surface area (Å²) in [4.78, 5) is -1.59. The summed E-state index contributed by atoms with van der Waals surface area (Å²) >= 11 is 0. The van der Waals surface area contributed by atoms with Crippen LogP contribution in [0.5, 0.6) is 0 Å². The zero-order valence-electron chi connectivity index (χ0n) is 12.2. The third-order valence-corrected chi connectivity index (χ3v) is 5.72. The molecule has 4 nitrogen and oxygen atoms in total. The molecule has 1 fully saturated rings. The monoisotopic (exact) mass is 376 g/mol. The molecule has 2 unspecified atom stereocenters. The molecule has 1 aromatic rings. The van der Waals surface area contributed by atoms with Crippen LogP contribution < -0.4 is 5.73 Å². The lowest BCUT2D eigenvalue weighted by Crippen LogP contribution is -2.45. The molecule has 132 valence electrons. The number of nitrogens with zero attached hydrogens (tertiary/aromatic N) is 1. The van der Waals surface area contributed by atoms with E-state index in [4.69, 9.17) is 5.73 Å². The summed E-state index contributed by atoms with van der Waals surface area (Å²) in [5, 5.41) is 0. The van der Waals surface area contributed by atoms with Gasteiger partial charge in [-0.3, -0.25) is 0 Å². The van der Waals surface area contributed by atoms with Gasteiger partial charge < -0.3 is 5.73 Å². The minimum atomic E-state index is -4.69. The molecule has 0 amide bonds. The Balaban J connectivity index is 0.00000264. The molecule has 0 radical (unpaired) electrons. The number of halogens is 5. The molecule has 23 heavy (non-hydrogen) atoms. The maximum atomic E-state index is 13.7. The van der Waals surface area contributed by atoms with Crippen LogP contribution in [0.2, 0.25) is 0 Å². The Hall–Kier alpha value is -0.900. The average Bonchev–Trinajstić information content (AvgIpc) is 2.45. The Morgan fingerprint density at radius 2 is 1.74 bits per heavy atom. The molecule has 1 aromatic carbocycles. The van der Waals surface area contributed by atoms with Crippen molar-refractivity contribution < 1.29 is 26.0 Å². The largest absolute Gasteiger partial charge is 0.328 e. The van der Waals surface area contributed by atoms with Gasteiger partial charge in [-0.1, -0.05) is 0 Å². The number of rotatable bonds is 3. The molecular formula is C13H17ClF4N2O2S. The van der Waals surface area contributed by atoms with Crippen LogP contribution in [0.4, 0.5) is 17.6 Å². The zero-order valence-corrected chi connectivity index (χ0v) is 13.9. The summed E-state index contributed by atoms with van der Waals surface area (Å²) < 4.78 is 79.5. The highest BCUT2D eigenvalue weighted by Crippen LogP contribution is 2.30. The fourth-order valence-corrected chi connectivity index (χ4v) is 4.19. The molecule has 0 aliphatic carbocycles. The number of piperidine rings is 1. The first-order valence-electron chi connectivity index (χ1n) is 6.75. The topological polar surface area (TPSA) is 63.4 Å². The second-order valence-corrected chi connectivity index (χ2v) is 7.30. The van der Waals surface area contributed by atoms with E-state index in [0.29, 0.717) is 12.8 Å². The van der Waals surface area contributed by atoms with E-state index in [9.17, 15) is 26.0 Å². The third kappa shape index (κ3) is 3.78. The van der Waals surface area contributed by atoms with Crippen molar-refractivity contribution in [1.29, 1.82) is 0 Å². The van der Waals surface area contributed by atoms with Crippen molar-refractivity contribution in [3.05, 3.63) is 29.3 Å². The minimum absolute atomic E-state index is 0. The molecule has 2 N–H and O–H groups in total. The lowest BCUT2D eigenvalue weighted by atomic mass is 9.93. The van der Waals surface area contributed by atoms with Gasteiger partial charge in [0.1, 0.15) is 0 Å². The number of hydrogen-bond acceptors (Lipinski definition) is 3. The van der Waals surface area contributed by atoms with Crippen LogP contribution in [0.3, 0.4) is 0 Å². The highest BCUT2D eigenvalue weighted by molar-refractivity contribution is 7.89. The average molecular weight is 377 g/mol. The second-order valence-electron chi connectivity index (χ2n) is 5.42.